The summed E-state index contributed by atoms with van der Waals surface area (Å²) in [6, 6.07) is 19.3. The van der Waals surface area contributed by atoms with E-state index in [-0.39, 0.29) is 11.3 Å². The molecule has 0 unspecified atom stereocenters. The Balaban J connectivity index is 1.58. The molecule has 3 aromatic rings. The van der Waals surface area contributed by atoms with E-state index in [0.29, 0.717) is 29.3 Å². The highest BCUT2D eigenvalue weighted by Gasteiger charge is 2.40. The number of carbonyl (C=O) groups excluding carboxylic acids is 1. The fourth-order valence-electron chi connectivity index (χ4n) is 3.92. The Bertz CT molecular complexity index is 1010. The van der Waals surface area contributed by atoms with Gasteiger partial charge in [0.25, 0.3) is 5.91 Å². The Kier molecular flexibility index (Phi) is 4.84. The van der Waals surface area contributed by atoms with Gasteiger partial charge in [0.15, 0.2) is 5.13 Å². The Morgan fingerprint density at radius 2 is 1.79 bits per heavy atom. The van der Waals surface area contributed by atoms with Gasteiger partial charge in [-0.15, -0.1) is 11.3 Å². The predicted molar refractivity (Wildman–Crippen MR) is 110 cm³/mol. The Morgan fingerprint density at radius 3 is 2.36 bits per heavy atom. The van der Waals surface area contributed by atoms with E-state index in [0.717, 1.165) is 18.5 Å². The van der Waals surface area contributed by atoms with E-state index in [4.69, 9.17) is 11.0 Å². The van der Waals surface area contributed by atoms with Crippen molar-refractivity contribution in [3.63, 3.8) is 0 Å². The van der Waals surface area contributed by atoms with Crippen molar-refractivity contribution < 1.29 is 4.79 Å². The molecule has 2 heterocycles. The zero-order chi connectivity index (χ0) is 19.6. The lowest BCUT2D eigenvalue weighted by molar-refractivity contribution is 0.0684. The molecule has 1 fully saturated rings. The summed E-state index contributed by atoms with van der Waals surface area (Å²) < 4.78 is 0. The molecule has 1 aliphatic rings. The number of nitrogens with zero attached hydrogens (tertiary/aromatic N) is 3. The number of aromatic nitrogens is 1. The van der Waals surface area contributed by atoms with E-state index in [1.165, 1.54) is 16.9 Å². The maximum atomic E-state index is 12.9. The molecule has 1 saturated heterocycles. The first-order valence-corrected chi connectivity index (χ1v) is 10.1. The van der Waals surface area contributed by atoms with Crippen molar-refractivity contribution in [3.05, 3.63) is 82.4 Å². The average molecular weight is 388 g/mol. The molecule has 4 rings (SSSR count). The van der Waals surface area contributed by atoms with Gasteiger partial charge in [-0.1, -0.05) is 30.3 Å². The van der Waals surface area contributed by atoms with Gasteiger partial charge in [-0.3, -0.25) is 4.79 Å². The maximum Gasteiger partial charge on any atom is 0.253 e. The Labute approximate surface area is 168 Å². The molecule has 6 heteroatoms. The molecule has 28 heavy (non-hydrogen) atoms. The summed E-state index contributed by atoms with van der Waals surface area (Å²) in [5.74, 6) is 0.00365. The molecule has 0 spiro atoms. The topological polar surface area (TPSA) is 83.0 Å². The number of nitriles is 1. The lowest BCUT2D eigenvalue weighted by atomic mass is 9.70. The molecule has 2 N–H and O–H groups in total. The van der Waals surface area contributed by atoms with E-state index in [9.17, 15) is 4.79 Å². The minimum absolute atomic E-state index is 0.00365. The van der Waals surface area contributed by atoms with Crippen molar-refractivity contribution in [1.82, 2.24) is 9.88 Å². The van der Waals surface area contributed by atoms with Crippen LogP contribution in [0.2, 0.25) is 0 Å². The molecular formula is C22H20N4OS. The number of amides is 1. The normalized spacial score (nSPS) is 15.8. The SMILES string of the molecule is N#Cc1ccc(C(=O)N2CCC(c3ccccc3)(c3csc(N)n3)CC2)cc1. The van der Waals surface area contributed by atoms with E-state index in [1.807, 2.05) is 28.5 Å². The minimum Gasteiger partial charge on any atom is -0.375 e. The molecule has 0 radical (unpaired) electrons. The summed E-state index contributed by atoms with van der Waals surface area (Å²) in [5, 5.41) is 11.5. The number of carbonyl (C=O) groups is 1. The number of thiazole rings is 1. The number of nitrogens with two attached hydrogens (primary N) is 1. The zero-order valence-corrected chi connectivity index (χ0v) is 16.2. The smallest absolute Gasteiger partial charge is 0.253 e. The Hall–Kier alpha value is -3.17. The molecule has 5 nitrogen and oxygen atoms in total. The van der Waals surface area contributed by atoms with Gasteiger partial charge in [0.2, 0.25) is 0 Å². The van der Waals surface area contributed by atoms with Crippen LogP contribution >= 0.6 is 11.3 Å². The fourth-order valence-corrected chi connectivity index (χ4v) is 4.58. The molecule has 140 valence electrons. The highest BCUT2D eigenvalue weighted by molar-refractivity contribution is 7.13. The van der Waals surface area contributed by atoms with Crippen LogP contribution < -0.4 is 5.73 Å². The van der Waals surface area contributed by atoms with E-state index in [1.54, 1.807) is 24.3 Å². The van der Waals surface area contributed by atoms with Gasteiger partial charge >= 0.3 is 0 Å². The number of benzene rings is 2. The second-order valence-electron chi connectivity index (χ2n) is 7.00. The van der Waals surface area contributed by atoms with E-state index >= 15 is 0 Å². The van der Waals surface area contributed by atoms with E-state index in [2.05, 4.69) is 23.2 Å². The van der Waals surface area contributed by atoms with E-state index < -0.39 is 0 Å². The molecule has 1 aromatic heterocycles. The van der Waals surface area contributed by atoms with Crippen LogP contribution in [0.3, 0.4) is 0 Å². The standard InChI is InChI=1S/C22H20N4OS/c23-14-16-6-8-17(9-7-16)20(27)26-12-10-22(11-13-26,18-4-2-1-3-5-18)19-15-28-21(24)25-19/h1-9,15H,10-13H2,(H2,24,25). The first-order chi connectivity index (χ1) is 13.6. The summed E-state index contributed by atoms with van der Waals surface area (Å²) in [5.41, 5.74) is 9.07. The summed E-state index contributed by atoms with van der Waals surface area (Å²) in [7, 11) is 0. The van der Waals surface area contributed by atoms with Gasteiger partial charge in [0.1, 0.15) is 0 Å². The second-order valence-corrected chi connectivity index (χ2v) is 7.89. The number of rotatable bonds is 3. The predicted octanol–water partition coefficient (Wildman–Crippen LogP) is 3.82. The van der Waals surface area contributed by atoms with Gasteiger partial charge < -0.3 is 10.6 Å². The molecule has 0 aliphatic carbocycles. The average Bonchev–Trinajstić information content (AvgIpc) is 3.21. The molecule has 0 saturated carbocycles. The number of hydrogen-bond donors (Lipinski definition) is 1. The zero-order valence-electron chi connectivity index (χ0n) is 15.3. The summed E-state index contributed by atoms with van der Waals surface area (Å²) in [6.07, 6.45) is 1.59. The lowest BCUT2D eigenvalue weighted by Gasteiger charge is -2.41. The van der Waals surface area contributed by atoms with Crippen LogP contribution in [0.4, 0.5) is 5.13 Å². The van der Waals surface area contributed by atoms with Gasteiger partial charge in [-0.2, -0.15) is 5.26 Å². The molecule has 1 amide bonds. The quantitative estimate of drug-likeness (QED) is 0.739. The monoisotopic (exact) mass is 388 g/mol. The van der Waals surface area contributed by atoms with Gasteiger partial charge in [0.05, 0.1) is 17.3 Å². The van der Waals surface area contributed by atoms with Crippen molar-refractivity contribution >= 4 is 22.4 Å². The number of anilines is 1. The maximum absolute atomic E-state index is 12.9. The molecule has 1 aliphatic heterocycles. The summed E-state index contributed by atoms with van der Waals surface area (Å²) >= 11 is 1.46. The van der Waals surface area contributed by atoms with Crippen LogP contribution in [0.25, 0.3) is 0 Å². The van der Waals surface area contributed by atoms with Crippen molar-refractivity contribution in [1.29, 1.82) is 5.26 Å². The second kappa shape index (κ2) is 7.45. The van der Waals surface area contributed by atoms with Crippen LogP contribution in [0.1, 0.15) is 40.0 Å². The third kappa shape index (κ3) is 3.25. The first kappa shape index (κ1) is 18.2. The minimum atomic E-state index is -0.225. The van der Waals surface area contributed by atoms with Gasteiger partial charge in [-0.05, 0) is 42.7 Å². The third-order valence-corrected chi connectivity index (χ3v) is 6.18. The van der Waals surface area contributed by atoms with Crippen molar-refractivity contribution in [2.24, 2.45) is 0 Å². The highest BCUT2D eigenvalue weighted by Crippen LogP contribution is 2.42. The number of hydrogen-bond acceptors (Lipinski definition) is 5. The summed E-state index contributed by atoms with van der Waals surface area (Å²) in [4.78, 5) is 19.4. The van der Waals surface area contributed by atoms with Crippen molar-refractivity contribution in [2.45, 2.75) is 18.3 Å². The van der Waals surface area contributed by atoms with Gasteiger partial charge in [0, 0.05) is 29.4 Å². The molecule has 2 aromatic carbocycles. The van der Waals surface area contributed by atoms with Crippen molar-refractivity contribution in [3.8, 4) is 6.07 Å². The number of nitrogen functional groups attached to an aromatic ring is 1. The largest absolute Gasteiger partial charge is 0.375 e. The lowest BCUT2D eigenvalue weighted by Crippen LogP contribution is -2.46. The Morgan fingerprint density at radius 1 is 1.11 bits per heavy atom. The van der Waals surface area contributed by atoms with Gasteiger partial charge in [-0.25, -0.2) is 4.98 Å². The van der Waals surface area contributed by atoms with Crippen LogP contribution in [0.5, 0.6) is 0 Å². The fraction of sp³-hybridized carbons (Fsp3) is 0.227. The summed E-state index contributed by atoms with van der Waals surface area (Å²) in [6.45, 7) is 1.29. The van der Waals surface area contributed by atoms with Crippen LogP contribution in [-0.4, -0.2) is 28.9 Å². The molecule has 0 bridgehead atoms. The third-order valence-electron chi connectivity index (χ3n) is 5.50. The van der Waals surface area contributed by atoms with Crippen molar-refractivity contribution in [2.75, 3.05) is 18.8 Å². The molecular weight excluding hydrogens is 368 g/mol. The van der Waals surface area contributed by atoms with Crippen LogP contribution in [0.15, 0.2) is 60.0 Å². The van der Waals surface area contributed by atoms with Crippen LogP contribution in [-0.2, 0) is 5.41 Å². The highest BCUT2D eigenvalue weighted by atomic mass is 32.1. The van der Waals surface area contributed by atoms with Crippen LogP contribution in [0, 0.1) is 11.3 Å². The molecule has 0 atom stereocenters. The number of piperidine rings is 1. The number of likely N-dealkylation sites (tertiary alicyclic amines) is 1. The first-order valence-electron chi connectivity index (χ1n) is 9.19.